The summed E-state index contributed by atoms with van der Waals surface area (Å²) in [6.45, 7) is 8.74. The van der Waals surface area contributed by atoms with E-state index in [2.05, 4.69) is 0 Å². The molecule has 3 rings (SSSR count). The van der Waals surface area contributed by atoms with Gasteiger partial charge in [-0.15, -0.1) is 0 Å². The number of carbonyl (C=O) groups excluding carboxylic acids is 4. The Morgan fingerprint density at radius 1 is 0.875 bits per heavy atom. The normalized spacial score (nSPS) is 12.6. The Kier molecular flexibility index (Phi) is 6.77. The minimum atomic E-state index is -0.813. The van der Waals surface area contributed by atoms with Crippen molar-refractivity contribution in [2.24, 2.45) is 11.8 Å². The summed E-state index contributed by atoms with van der Waals surface area (Å²) in [7, 11) is 0. The lowest BCUT2D eigenvalue weighted by molar-refractivity contribution is -0.135. The van der Waals surface area contributed by atoms with E-state index in [-0.39, 0.29) is 51.5 Å². The molecule has 0 fully saturated rings. The number of ether oxygens (including phenoxy) is 1. The van der Waals surface area contributed by atoms with Gasteiger partial charge in [-0.3, -0.25) is 14.4 Å². The second-order valence-electron chi connectivity index (χ2n) is 8.82. The molecule has 0 aromatic heterocycles. The number of benzene rings is 2. The van der Waals surface area contributed by atoms with Crippen LogP contribution in [0.15, 0.2) is 36.4 Å². The topological polar surface area (TPSA) is 107 Å². The number of hydrogen-bond donors (Lipinski definition) is 1. The fourth-order valence-corrected chi connectivity index (χ4v) is 3.85. The monoisotopic (exact) mass is 436 g/mol. The highest BCUT2D eigenvalue weighted by Gasteiger charge is 2.33. The van der Waals surface area contributed by atoms with Crippen LogP contribution in [0.2, 0.25) is 0 Å². The van der Waals surface area contributed by atoms with Crippen molar-refractivity contribution in [2.75, 3.05) is 25.4 Å². The van der Waals surface area contributed by atoms with Gasteiger partial charge in [-0.1, -0.05) is 52.0 Å². The van der Waals surface area contributed by atoms with Crippen LogP contribution in [0.4, 0.5) is 5.69 Å². The smallest absolute Gasteiger partial charge is 0.340 e. The van der Waals surface area contributed by atoms with Crippen LogP contribution in [-0.2, 0) is 9.53 Å². The molecule has 0 saturated carbocycles. The maximum atomic E-state index is 13.0. The summed E-state index contributed by atoms with van der Waals surface area (Å²) in [5.41, 5.74) is 6.68. The average molecular weight is 437 g/mol. The van der Waals surface area contributed by atoms with E-state index in [1.165, 1.54) is 12.1 Å². The SMILES string of the molecule is CC(C)CN(CC(C)C)C(=O)COC(=O)c1ccc2c(c1N)C(=O)c1ccccc1C2=O. The van der Waals surface area contributed by atoms with Crippen LogP contribution in [-0.4, -0.2) is 48.0 Å². The summed E-state index contributed by atoms with van der Waals surface area (Å²) in [6, 6.07) is 9.25. The molecule has 168 valence electrons. The Morgan fingerprint density at radius 3 is 2.00 bits per heavy atom. The summed E-state index contributed by atoms with van der Waals surface area (Å²) in [5.74, 6) is -1.30. The van der Waals surface area contributed by atoms with Crippen molar-refractivity contribution < 1.29 is 23.9 Å². The summed E-state index contributed by atoms with van der Waals surface area (Å²) < 4.78 is 5.23. The van der Waals surface area contributed by atoms with Gasteiger partial charge in [0.15, 0.2) is 18.2 Å². The first-order valence-electron chi connectivity index (χ1n) is 10.7. The van der Waals surface area contributed by atoms with Gasteiger partial charge in [-0.25, -0.2) is 4.79 Å². The first-order valence-corrected chi connectivity index (χ1v) is 10.7. The van der Waals surface area contributed by atoms with Crippen LogP contribution in [0.3, 0.4) is 0 Å². The molecule has 7 nitrogen and oxygen atoms in total. The highest BCUT2D eigenvalue weighted by atomic mass is 16.5. The molecule has 2 aromatic rings. The van der Waals surface area contributed by atoms with Crippen LogP contribution in [0.5, 0.6) is 0 Å². The first-order chi connectivity index (χ1) is 15.1. The third kappa shape index (κ3) is 4.56. The molecule has 1 amide bonds. The third-order valence-electron chi connectivity index (χ3n) is 5.20. The van der Waals surface area contributed by atoms with Gasteiger partial charge in [-0.05, 0) is 24.0 Å². The van der Waals surface area contributed by atoms with E-state index in [0.717, 1.165) is 0 Å². The van der Waals surface area contributed by atoms with Crippen molar-refractivity contribution >= 4 is 29.1 Å². The van der Waals surface area contributed by atoms with E-state index in [4.69, 9.17) is 10.5 Å². The number of rotatable bonds is 7. The van der Waals surface area contributed by atoms with Gasteiger partial charge in [-0.2, -0.15) is 0 Å². The predicted octanol–water partition coefficient (Wildman–Crippen LogP) is 3.34. The molecular weight excluding hydrogens is 408 g/mol. The predicted molar refractivity (Wildman–Crippen MR) is 121 cm³/mol. The van der Waals surface area contributed by atoms with E-state index < -0.39 is 18.4 Å². The van der Waals surface area contributed by atoms with Crippen molar-refractivity contribution in [1.82, 2.24) is 4.90 Å². The van der Waals surface area contributed by atoms with Gasteiger partial charge in [0.2, 0.25) is 0 Å². The molecule has 0 bridgehead atoms. The van der Waals surface area contributed by atoms with Crippen molar-refractivity contribution in [3.05, 3.63) is 64.2 Å². The summed E-state index contributed by atoms with van der Waals surface area (Å²) >= 11 is 0. The summed E-state index contributed by atoms with van der Waals surface area (Å²) in [4.78, 5) is 52.7. The van der Waals surface area contributed by atoms with E-state index >= 15 is 0 Å². The summed E-state index contributed by atoms with van der Waals surface area (Å²) in [6.07, 6.45) is 0. The number of nitrogens with two attached hydrogens (primary N) is 1. The molecular formula is C25H28N2O5. The van der Waals surface area contributed by atoms with Crippen LogP contribution >= 0.6 is 0 Å². The molecule has 7 heteroatoms. The molecule has 1 aliphatic rings. The van der Waals surface area contributed by atoms with Gasteiger partial charge in [0.25, 0.3) is 5.91 Å². The molecule has 0 unspecified atom stereocenters. The Bertz CT molecular complexity index is 1080. The molecule has 0 radical (unpaired) electrons. The zero-order valence-corrected chi connectivity index (χ0v) is 18.8. The molecule has 2 N–H and O–H groups in total. The second kappa shape index (κ2) is 9.34. The van der Waals surface area contributed by atoms with Gasteiger partial charge in [0.05, 0.1) is 16.8 Å². The molecule has 2 aromatic carbocycles. The molecule has 0 heterocycles. The zero-order chi connectivity index (χ0) is 23.6. The van der Waals surface area contributed by atoms with E-state index in [9.17, 15) is 19.2 Å². The standard InChI is InChI=1S/C25H28N2O5/c1-14(2)11-27(12-15(3)4)20(28)13-32-25(31)19-10-9-18-21(22(19)26)24(30)17-8-6-5-7-16(17)23(18)29/h5-10,14-15H,11-13,26H2,1-4H3. The average Bonchev–Trinajstić information content (AvgIpc) is 2.74. The Balaban J connectivity index is 1.81. The quantitative estimate of drug-likeness (QED) is 0.450. The van der Waals surface area contributed by atoms with Crippen LogP contribution in [0.1, 0.15) is 69.9 Å². The fraction of sp³-hybridized carbons (Fsp3) is 0.360. The van der Waals surface area contributed by atoms with Gasteiger partial charge >= 0.3 is 5.97 Å². The minimum Gasteiger partial charge on any atom is -0.452 e. The van der Waals surface area contributed by atoms with Crippen molar-refractivity contribution in [3.63, 3.8) is 0 Å². The van der Waals surface area contributed by atoms with Gasteiger partial charge < -0.3 is 15.4 Å². The fourth-order valence-electron chi connectivity index (χ4n) is 3.85. The maximum absolute atomic E-state index is 13.0. The summed E-state index contributed by atoms with van der Waals surface area (Å²) in [5, 5.41) is 0. The highest BCUT2D eigenvalue weighted by Crippen LogP contribution is 2.32. The Labute approximate surface area is 187 Å². The number of anilines is 1. The number of amides is 1. The molecule has 0 atom stereocenters. The third-order valence-corrected chi connectivity index (χ3v) is 5.20. The first kappa shape index (κ1) is 23.2. The van der Waals surface area contributed by atoms with E-state index in [1.54, 1.807) is 29.2 Å². The number of esters is 1. The molecule has 0 aliphatic heterocycles. The van der Waals surface area contributed by atoms with Crippen LogP contribution in [0, 0.1) is 11.8 Å². The largest absolute Gasteiger partial charge is 0.452 e. The van der Waals surface area contributed by atoms with Crippen LogP contribution < -0.4 is 5.73 Å². The number of hydrogen-bond acceptors (Lipinski definition) is 6. The Hall–Kier alpha value is -3.48. The van der Waals surface area contributed by atoms with E-state index in [1.807, 2.05) is 27.7 Å². The van der Waals surface area contributed by atoms with Crippen molar-refractivity contribution in [1.29, 1.82) is 0 Å². The van der Waals surface area contributed by atoms with Gasteiger partial charge in [0.1, 0.15) is 0 Å². The van der Waals surface area contributed by atoms with Gasteiger partial charge in [0, 0.05) is 29.8 Å². The lowest BCUT2D eigenvalue weighted by atomic mass is 9.82. The number of carbonyl (C=O) groups is 4. The molecule has 32 heavy (non-hydrogen) atoms. The second-order valence-corrected chi connectivity index (χ2v) is 8.82. The molecule has 0 spiro atoms. The van der Waals surface area contributed by atoms with Crippen molar-refractivity contribution in [2.45, 2.75) is 27.7 Å². The van der Waals surface area contributed by atoms with Crippen LogP contribution in [0.25, 0.3) is 0 Å². The zero-order valence-electron chi connectivity index (χ0n) is 18.8. The maximum Gasteiger partial charge on any atom is 0.340 e. The number of nitrogens with zero attached hydrogens (tertiary/aromatic N) is 1. The number of ketones is 2. The minimum absolute atomic E-state index is 0.00396. The number of nitrogen functional groups attached to an aromatic ring is 1. The Morgan fingerprint density at radius 2 is 1.44 bits per heavy atom. The lowest BCUT2D eigenvalue weighted by Crippen LogP contribution is -2.39. The molecule has 1 aliphatic carbocycles. The lowest BCUT2D eigenvalue weighted by Gasteiger charge is -2.26. The highest BCUT2D eigenvalue weighted by molar-refractivity contribution is 6.30. The van der Waals surface area contributed by atoms with Crippen molar-refractivity contribution in [3.8, 4) is 0 Å². The molecule has 0 saturated heterocycles. The van der Waals surface area contributed by atoms with E-state index in [0.29, 0.717) is 18.7 Å². The number of fused-ring (bicyclic) bond motifs is 2.